The molecule has 0 radical (unpaired) electrons. The summed E-state index contributed by atoms with van der Waals surface area (Å²) in [6.45, 7) is 12.0. The van der Waals surface area contributed by atoms with Crippen molar-refractivity contribution in [3.8, 4) is 0 Å². The Bertz CT molecular complexity index is 832. The topological polar surface area (TPSA) is 41.6 Å². The first-order valence-electron chi connectivity index (χ1n) is 12.6. The molecule has 0 bridgehead atoms. The monoisotopic (exact) mass is 520 g/mol. The summed E-state index contributed by atoms with van der Waals surface area (Å²) in [6, 6.07) is 2.51. The first kappa shape index (κ1) is 31.7. The van der Waals surface area contributed by atoms with Crippen molar-refractivity contribution in [2.75, 3.05) is 31.7 Å². The van der Waals surface area contributed by atoms with E-state index in [-0.39, 0.29) is 35.9 Å². The van der Waals surface area contributed by atoms with Gasteiger partial charge in [-0.25, -0.2) is 13.2 Å². The molecule has 1 aromatic carbocycles. The van der Waals surface area contributed by atoms with Crippen LogP contribution in [-0.2, 0) is 21.4 Å². The molecule has 0 aromatic heterocycles. The van der Waals surface area contributed by atoms with Crippen LogP contribution in [0.1, 0.15) is 77.8 Å². The van der Waals surface area contributed by atoms with Crippen LogP contribution in [-0.4, -0.2) is 37.2 Å². The number of nitrogens with one attached hydrogen (secondary N) is 1. The Morgan fingerprint density at radius 3 is 2.14 bits per heavy atom. The highest BCUT2D eigenvalue weighted by molar-refractivity contribution is 5.78. The molecule has 1 aliphatic heterocycles. The Morgan fingerprint density at radius 1 is 1.11 bits per heavy atom. The number of piperidine rings is 1. The third kappa shape index (κ3) is 9.97. The van der Waals surface area contributed by atoms with Gasteiger partial charge in [-0.3, -0.25) is 4.79 Å². The second-order valence-corrected chi connectivity index (χ2v) is 9.46. The lowest BCUT2D eigenvalue weighted by molar-refractivity contribution is -0.136. The van der Waals surface area contributed by atoms with Gasteiger partial charge in [0.2, 0.25) is 5.91 Å². The number of ether oxygens (including phenoxy) is 1. The molecule has 1 aliphatic rings. The number of benzene rings is 1. The fourth-order valence-electron chi connectivity index (χ4n) is 3.46. The predicted molar refractivity (Wildman–Crippen MR) is 134 cm³/mol. The average molecular weight is 521 g/mol. The number of carbonyl (C=O) groups excluding carboxylic acids is 1. The Labute approximate surface area is 212 Å². The predicted octanol–water partition coefficient (Wildman–Crippen LogP) is 7.85. The molecule has 1 heterocycles. The molecule has 1 atom stereocenters. The largest absolute Gasteiger partial charge is 0.479 e. The minimum atomic E-state index is -3.89. The van der Waals surface area contributed by atoms with E-state index in [1.165, 1.54) is 12.8 Å². The first-order chi connectivity index (χ1) is 16.8. The molecule has 1 amide bonds. The van der Waals surface area contributed by atoms with E-state index in [0.29, 0.717) is 26.1 Å². The van der Waals surface area contributed by atoms with E-state index in [2.05, 4.69) is 25.7 Å². The van der Waals surface area contributed by atoms with Crippen LogP contribution in [0.25, 0.3) is 0 Å². The Hall–Kier alpha value is -2.32. The number of alkyl halides is 5. The van der Waals surface area contributed by atoms with Gasteiger partial charge in [0.25, 0.3) is 5.92 Å². The fraction of sp³-hybridized carbons (Fsp3) is 0.667. The molecule has 0 saturated carbocycles. The van der Waals surface area contributed by atoms with Crippen LogP contribution in [0, 0.1) is 11.8 Å². The van der Waals surface area contributed by atoms with E-state index in [9.17, 15) is 26.7 Å². The summed E-state index contributed by atoms with van der Waals surface area (Å²) < 4.78 is 73.4. The van der Waals surface area contributed by atoms with E-state index < -0.39 is 29.6 Å². The Balaban J connectivity index is 0.00000150. The quantitative estimate of drug-likeness (QED) is 0.239. The minimum Gasteiger partial charge on any atom is -0.479 e. The SMILES string of the molecule is C=C(Nc1cc(C(C)(F)F)cc(C(F)(F)CF)c1)OCC1CCN(C(=O)[C@H](C)CC)CC1.CCCC. The maximum atomic E-state index is 13.8. The molecule has 9 heteroatoms. The number of nitrogens with zero attached hydrogens (tertiary/aromatic N) is 1. The van der Waals surface area contributed by atoms with E-state index in [1.54, 1.807) is 0 Å². The van der Waals surface area contributed by atoms with E-state index in [4.69, 9.17) is 4.74 Å². The maximum Gasteiger partial charge on any atom is 0.301 e. The fourth-order valence-corrected chi connectivity index (χ4v) is 3.46. The number of unbranched alkanes of at least 4 members (excludes halogenated alkanes) is 1. The second kappa shape index (κ2) is 14.4. The summed E-state index contributed by atoms with van der Waals surface area (Å²) in [5.41, 5.74) is -1.62. The van der Waals surface area contributed by atoms with Gasteiger partial charge in [0.15, 0.2) is 12.6 Å². The van der Waals surface area contributed by atoms with Crippen molar-refractivity contribution in [3.05, 3.63) is 41.8 Å². The van der Waals surface area contributed by atoms with Gasteiger partial charge in [0.1, 0.15) is 0 Å². The second-order valence-electron chi connectivity index (χ2n) is 9.46. The van der Waals surface area contributed by atoms with Gasteiger partial charge in [-0.2, -0.15) is 8.78 Å². The van der Waals surface area contributed by atoms with Gasteiger partial charge in [-0.1, -0.05) is 40.5 Å². The van der Waals surface area contributed by atoms with E-state index >= 15 is 0 Å². The third-order valence-corrected chi connectivity index (χ3v) is 6.27. The molecule has 4 nitrogen and oxygen atoms in total. The third-order valence-electron chi connectivity index (χ3n) is 6.27. The highest BCUT2D eigenvalue weighted by Crippen LogP contribution is 2.36. The van der Waals surface area contributed by atoms with Crippen molar-refractivity contribution in [2.45, 2.75) is 78.6 Å². The minimum absolute atomic E-state index is 0.00676. The van der Waals surface area contributed by atoms with Crippen molar-refractivity contribution < 1.29 is 31.5 Å². The molecule has 1 aromatic rings. The van der Waals surface area contributed by atoms with Crippen LogP contribution < -0.4 is 5.32 Å². The zero-order chi connectivity index (χ0) is 27.5. The number of carbonyl (C=O) groups is 1. The molecule has 1 N–H and O–H groups in total. The van der Waals surface area contributed by atoms with Gasteiger partial charge in [0, 0.05) is 42.7 Å². The van der Waals surface area contributed by atoms with E-state index in [1.807, 2.05) is 18.7 Å². The molecule has 0 aliphatic carbocycles. The van der Waals surface area contributed by atoms with Gasteiger partial charge in [-0.05, 0) is 50.0 Å². The first-order valence-corrected chi connectivity index (χ1v) is 12.6. The molecular weight excluding hydrogens is 479 g/mol. The summed E-state index contributed by atoms with van der Waals surface area (Å²) in [5.74, 6) is -6.96. The zero-order valence-electron chi connectivity index (χ0n) is 22.1. The van der Waals surface area contributed by atoms with Crippen molar-refractivity contribution >= 4 is 11.6 Å². The normalized spacial score (nSPS) is 15.6. The van der Waals surface area contributed by atoms with Crippen LogP contribution in [0.5, 0.6) is 0 Å². The lowest BCUT2D eigenvalue weighted by Crippen LogP contribution is -2.41. The molecule has 2 rings (SSSR count). The van der Waals surface area contributed by atoms with Gasteiger partial charge in [0.05, 0.1) is 6.61 Å². The Kier molecular flexibility index (Phi) is 12.7. The van der Waals surface area contributed by atoms with Crippen molar-refractivity contribution in [2.24, 2.45) is 11.8 Å². The average Bonchev–Trinajstić information content (AvgIpc) is 2.86. The van der Waals surface area contributed by atoms with Crippen LogP contribution in [0.2, 0.25) is 0 Å². The number of halogens is 5. The highest BCUT2D eigenvalue weighted by atomic mass is 19.3. The number of anilines is 1. The van der Waals surface area contributed by atoms with Crippen LogP contribution >= 0.6 is 0 Å². The van der Waals surface area contributed by atoms with Crippen LogP contribution in [0.15, 0.2) is 30.7 Å². The standard InChI is InChI=1S/C23H31F5N2O2.C4H10/c1-5-15(2)21(31)30-8-6-17(7-9-30)13-32-16(3)29-20-11-18(22(4,25)26)10-19(12-20)23(27,28)14-24;1-3-4-2/h10-12,15,17,29H,3,5-9,13-14H2,1-2,4H3;3-4H2,1-2H3/t15-;/m1./s1. The summed E-state index contributed by atoms with van der Waals surface area (Å²) >= 11 is 0. The Morgan fingerprint density at radius 2 is 1.67 bits per heavy atom. The molecule has 1 saturated heterocycles. The van der Waals surface area contributed by atoms with Crippen molar-refractivity contribution in [1.29, 1.82) is 0 Å². The molecule has 0 unspecified atom stereocenters. The number of amides is 1. The number of rotatable bonds is 11. The molecule has 206 valence electrons. The molecule has 36 heavy (non-hydrogen) atoms. The van der Waals surface area contributed by atoms with E-state index in [0.717, 1.165) is 31.4 Å². The summed E-state index contributed by atoms with van der Waals surface area (Å²) in [6.07, 6.45) is 4.93. The highest BCUT2D eigenvalue weighted by Gasteiger charge is 2.35. The van der Waals surface area contributed by atoms with Crippen molar-refractivity contribution in [3.63, 3.8) is 0 Å². The summed E-state index contributed by atoms with van der Waals surface area (Å²) in [5, 5.41) is 2.61. The molecular formula is C27H41F5N2O2. The number of hydrogen-bond acceptors (Lipinski definition) is 3. The van der Waals surface area contributed by atoms with Crippen LogP contribution in [0.4, 0.5) is 27.6 Å². The smallest absolute Gasteiger partial charge is 0.301 e. The maximum absolute atomic E-state index is 13.8. The zero-order valence-corrected chi connectivity index (χ0v) is 22.1. The summed E-state index contributed by atoms with van der Waals surface area (Å²) in [7, 11) is 0. The van der Waals surface area contributed by atoms with Gasteiger partial charge < -0.3 is 15.0 Å². The van der Waals surface area contributed by atoms with Crippen molar-refractivity contribution in [1.82, 2.24) is 4.90 Å². The lowest BCUT2D eigenvalue weighted by atomic mass is 9.96. The van der Waals surface area contributed by atoms with Gasteiger partial charge in [-0.15, -0.1) is 0 Å². The number of hydrogen-bond donors (Lipinski definition) is 1. The molecule has 0 spiro atoms. The summed E-state index contributed by atoms with van der Waals surface area (Å²) in [4.78, 5) is 14.1. The lowest BCUT2D eigenvalue weighted by Gasteiger charge is -2.33. The number of likely N-dealkylation sites (tertiary alicyclic amines) is 1. The van der Waals surface area contributed by atoms with Crippen LogP contribution in [0.3, 0.4) is 0 Å². The van der Waals surface area contributed by atoms with Gasteiger partial charge >= 0.3 is 5.92 Å². The molecule has 1 fully saturated rings.